The summed E-state index contributed by atoms with van der Waals surface area (Å²) in [5, 5.41) is 13.0. The lowest BCUT2D eigenvalue weighted by Crippen LogP contribution is -2.61. The number of rotatable bonds is 3. The normalized spacial score (nSPS) is 19.8. The van der Waals surface area contributed by atoms with Crippen LogP contribution >= 0.6 is 23.2 Å². The highest BCUT2D eigenvalue weighted by molar-refractivity contribution is 6.36. The molecule has 1 saturated heterocycles. The van der Waals surface area contributed by atoms with Gasteiger partial charge in [0.25, 0.3) is 5.91 Å². The fourth-order valence-corrected chi connectivity index (χ4v) is 4.22. The van der Waals surface area contributed by atoms with E-state index in [1.165, 1.54) is 6.07 Å². The number of halogens is 2. The third-order valence-electron chi connectivity index (χ3n) is 4.63. The number of carbonyl (C=O) groups is 1. The average Bonchev–Trinajstić information content (AvgIpc) is 2.47. The molecule has 1 fully saturated rings. The lowest BCUT2D eigenvalue weighted by Gasteiger charge is -2.54. The Bertz CT molecular complexity index is 762. The van der Waals surface area contributed by atoms with Crippen molar-refractivity contribution in [3.63, 3.8) is 0 Å². The van der Waals surface area contributed by atoms with Gasteiger partial charge in [-0.05, 0) is 58.7 Å². The summed E-state index contributed by atoms with van der Waals surface area (Å²) >= 11 is 12.0. The maximum absolute atomic E-state index is 12.6. The molecule has 1 aliphatic rings. The minimum Gasteiger partial charge on any atom is -0.366 e. The van der Waals surface area contributed by atoms with E-state index in [2.05, 4.69) is 37.9 Å². The zero-order chi connectivity index (χ0) is 19.7. The van der Waals surface area contributed by atoms with Crippen LogP contribution in [-0.2, 0) is 4.79 Å². The van der Waals surface area contributed by atoms with Crippen molar-refractivity contribution in [2.24, 2.45) is 5.73 Å². The minimum atomic E-state index is -0.516. The number of nitrogens with zero attached hydrogens (tertiary/aromatic N) is 2. The fraction of sp³-hybridized carbons (Fsp3) is 0.474. The van der Waals surface area contributed by atoms with Gasteiger partial charge in [0, 0.05) is 28.3 Å². The molecule has 1 aromatic rings. The summed E-state index contributed by atoms with van der Waals surface area (Å²) in [7, 11) is 0. The molecule has 0 aromatic heterocycles. The predicted octanol–water partition coefficient (Wildman–Crippen LogP) is 4.32. The monoisotopic (exact) mass is 394 g/mol. The van der Waals surface area contributed by atoms with Crippen molar-refractivity contribution in [3.8, 4) is 6.07 Å². The number of hydrogen-bond donors (Lipinski definition) is 2. The molecule has 0 spiro atoms. The highest BCUT2D eigenvalue weighted by Crippen LogP contribution is 2.38. The largest absolute Gasteiger partial charge is 0.366 e. The summed E-state index contributed by atoms with van der Waals surface area (Å²) in [6.45, 7) is 8.25. The quantitative estimate of drug-likeness (QED) is 0.590. The molecular formula is C19H24Cl2N4O. The first-order valence-electron chi connectivity index (χ1n) is 8.39. The Morgan fingerprint density at radius 2 is 1.88 bits per heavy atom. The number of hydrogen-bond acceptors (Lipinski definition) is 4. The van der Waals surface area contributed by atoms with Crippen LogP contribution in [0.5, 0.6) is 0 Å². The molecule has 0 aliphatic carbocycles. The number of nitriles is 1. The van der Waals surface area contributed by atoms with E-state index in [4.69, 9.17) is 28.9 Å². The molecule has 1 amide bonds. The Balaban J connectivity index is 2.31. The molecule has 0 bridgehead atoms. The van der Waals surface area contributed by atoms with Crippen LogP contribution in [0.1, 0.15) is 40.5 Å². The number of anilines is 1. The average molecular weight is 395 g/mol. The van der Waals surface area contributed by atoms with Crippen molar-refractivity contribution in [1.82, 2.24) is 4.90 Å². The Morgan fingerprint density at radius 3 is 2.38 bits per heavy atom. The van der Waals surface area contributed by atoms with Crippen LogP contribution in [0.2, 0.25) is 10.0 Å². The molecule has 5 nitrogen and oxygen atoms in total. The van der Waals surface area contributed by atoms with Crippen LogP contribution in [0.25, 0.3) is 0 Å². The van der Waals surface area contributed by atoms with E-state index in [1.54, 1.807) is 18.3 Å². The number of carbonyl (C=O) groups excluding carboxylic acids is 1. The van der Waals surface area contributed by atoms with E-state index in [0.29, 0.717) is 15.7 Å². The van der Waals surface area contributed by atoms with E-state index >= 15 is 0 Å². The molecule has 1 aliphatic heterocycles. The third kappa shape index (κ3) is 4.50. The summed E-state index contributed by atoms with van der Waals surface area (Å²) < 4.78 is 0. The van der Waals surface area contributed by atoms with Gasteiger partial charge in [0.1, 0.15) is 11.6 Å². The zero-order valence-corrected chi connectivity index (χ0v) is 16.9. The van der Waals surface area contributed by atoms with Gasteiger partial charge < -0.3 is 16.0 Å². The summed E-state index contributed by atoms with van der Waals surface area (Å²) in [6, 6.07) is 6.83. The van der Waals surface area contributed by atoms with Crippen molar-refractivity contribution < 1.29 is 4.79 Å². The Hall–Kier alpha value is -1.74. The van der Waals surface area contributed by atoms with Crippen LogP contribution in [0.4, 0.5) is 5.69 Å². The van der Waals surface area contributed by atoms with E-state index < -0.39 is 5.91 Å². The number of nitrogens with two attached hydrogens (primary N) is 1. The van der Waals surface area contributed by atoms with Gasteiger partial charge in [-0.3, -0.25) is 4.79 Å². The summed E-state index contributed by atoms with van der Waals surface area (Å²) in [6.07, 6.45) is 3.18. The molecule has 0 unspecified atom stereocenters. The van der Waals surface area contributed by atoms with Crippen LogP contribution in [0.3, 0.4) is 0 Å². The van der Waals surface area contributed by atoms with Gasteiger partial charge in [-0.2, -0.15) is 5.26 Å². The molecule has 0 saturated carbocycles. The minimum absolute atomic E-state index is 0.00707. The second-order valence-corrected chi connectivity index (χ2v) is 8.74. The SMILES string of the molecule is CC1(C)CC(N)CC(C)(C)N1/C=C(/C#N)C(=O)Nc1ccc(Cl)cc1Cl. The molecule has 140 valence electrons. The van der Waals surface area contributed by atoms with Gasteiger partial charge in [0.05, 0.1) is 10.7 Å². The van der Waals surface area contributed by atoms with E-state index in [9.17, 15) is 10.1 Å². The molecule has 2 rings (SSSR count). The molecule has 7 heteroatoms. The third-order valence-corrected chi connectivity index (χ3v) is 5.18. The maximum Gasteiger partial charge on any atom is 0.267 e. The maximum atomic E-state index is 12.6. The zero-order valence-electron chi connectivity index (χ0n) is 15.4. The smallest absolute Gasteiger partial charge is 0.267 e. The van der Waals surface area contributed by atoms with Crippen molar-refractivity contribution in [1.29, 1.82) is 5.26 Å². The molecular weight excluding hydrogens is 371 g/mol. The molecule has 0 radical (unpaired) electrons. The highest BCUT2D eigenvalue weighted by atomic mass is 35.5. The van der Waals surface area contributed by atoms with Crippen LogP contribution < -0.4 is 11.1 Å². The van der Waals surface area contributed by atoms with Gasteiger partial charge >= 0.3 is 0 Å². The first-order valence-corrected chi connectivity index (χ1v) is 9.15. The number of piperidine rings is 1. The van der Waals surface area contributed by atoms with Crippen molar-refractivity contribution in [3.05, 3.63) is 40.0 Å². The molecule has 3 N–H and O–H groups in total. The first-order chi connectivity index (χ1) is 12.0. The van der Waals surface area contributed by atoms with Gasteiger partial charge in [-0.15, -0.1) is 0 Å². The lowest BCUT2D eigenvalue weighted by atomic mass is 9.77. The molecule has 1 heterocycles. The van der Waals surface area contributed by atoms with Crippen molar-refractivity contribution >= 4 is 34.8 Å². The summed E-state index contributed by atoms with van der Waals surface area (Å²) in [5.41, 5.74) is 6.04. The standard InChI is InChI=1S/C19H24Cl2N4O/c1-18(2)8-14(23)9-19(3,4)25(18)11-12(10-22)17(26)24-16-6-5-13(20)7-15(16)21/h5-7,11,14H,8-9,23H2,1-4H3,(H,24,26)/b12-11-. The first kappa shape index (κ1) is 20.6. The van der Waals surface area contributed by atoms with Gasteiger partial charge in [0.2, 0.25) is 0 Å². The van der Waals surface area contributed by atoms with E-state index in [0.717, 1.165) is 12.8 Å². The van der Waals surface area contributed by atoms with Crippen LogP contribution in [0.15, 0.2) is 30.0 Å². The summed E-state index contributed by atoms with van der Waals surface area (Å²) in [4.78, 5) is 14.7. The fourth-order valence-electron chi connectivity index (χ4n) is 3.77. The van der Waals surface area contributed by atoms with Gasteiger partial charge in [-0.1, -0.05) is 23.2 Å². The predicted molar refractivity (Wildman–Crippen MR) is 106 cm³/mol. The van der Waals surface area contributed by atoms with Crippen LogP contribution in [0, 0.1) is 11.3 Å². The lowest BCUT2D eigenvalue weighted by molar-refractivity contribution is -0.112. The second-order valence-electron chi connectivity index (χ2n) is 7.90. The Labute approximate surface area is 164 Å². The van der Waals surface area contributed by atoms with Crippen LogP contribution in [-0.4, -0.2) is 27.9 Å². The van der Waals surface area contributed by atoms with E-state index in [-0.39, 0.29) is 22.7 Å². The highest BCUT2D eigenvalue weighted by Gasteiger charge is 2.43. The van der Waals surface area contributed by atoms with Crippen molar-refractivity contribution in [2.75, 3.05) is 5.32 Å². The number of benzene rings is 1. The summed E-state index contributed by atoms with van der Waals surface area (Å²) in [5.74, 6) is -0.516. The van der Waals surface area contributed by atoms with E-state index in [1.807, 2.05) is 6.07 Å². The topological polar surface area (TPSA) is 82.2 Å². The molecule has 26 heavy (non-hydrogen) atoms. The number of nitrogens with one attached hydrogen (secondary N) is 1. The molecule has 1 aromatic carbocycles. The Morgan fingerprint density at radius 1 is 1.31 bits per heavy atom. The Kier molecular flexibility index (Phi) is 5.92. The number of amides is 1. The second kappa shape index (κ2) is 7.48. The number of likely N-dealkylation sites (tertiary alicyclic amines) is 1. The van der Waals surface area contributed by atoms with Gasteiger partial charge in [-0.25, -0.2) is 0 Å². The van der Waals surface area contributed by atoms with Gasteiger partial charge in [0.15, 0.2) is 0 Å². The van der Waals surface area contributed by atoms with Crippen molar-refractivity contribution in [2.45, 2.75) is 57.7 Å². The molecule has 0 atom stereocenters.